The minimum Gasteiger partial charge on any atom is -0.397 e. The van der Waals surface area contributed by atoms with E-state index in [1.54, 1.807) is 18.2 Å². The quantitative estimate of drug-likeness (QED) is 0.228. The molecular weight excluding hydrogens is 444 g/mol. The van der Waals surface area contributed by atoms with E-state index < -0.39 is 0 Å². The van der Waals surface area contributed by atoms with Crippen LogP contribution in [0.4, 0.5) is 11.4 Å². The molecule has 0 fully saturated rings. The molecule has 0 radical (unpaired) electrons. The van der Waals surface area contributed by atoms with Crippen LogP contribution in [0.3, 0.4) is 0 Å². The summed E-state index contributed by atoms with van der Waals surface area (Å²) in [6, 6.07) is 30.8. The van der Waals surface area contributed by atoms with Gasteiger partial charge in [-0.1, -0.05) is 54.1 Å². The average molecular weight is 465 g/mol. The first-order valence-corrected chi connectivity index (χ1v) is 11.1. The molecular formula is C28H21ClN4O. The Hall–Kier alpha value is -4.35. The number of benzene rings is 4. The van der Waals surface area contributed by atoms with Crippen molar-refractivity contribution in [3.05, 3.63) is 114 Å². The second kappa shape index (κ2) is 9.25. The topological polar surface area (TPSA) is 72.9 Å². The fourth-order valence-electron chi connectivity index (χ4n) is 3.81. The molecule has 34 heavy (non-hydrogen) atoms. The molecule has 5 aromatic rings. The van der Waals surface area contributed by atoms with Gasteiger partial charge in [0, 0.05) is 22.3 Å². The number of amides is 1. The summed E-state index contributed by atoms with van der Waals surface area (Å²) in [5, 5.41) is 3.48. The number of nitrogens with one attached hydrogen (secondary N) is 1. The zero-order valence-electron chi connectivity index (χ0n) is 18.2. The highest BCUT2D eigenvalue weighted by atomic mass is 35.5. The first kappa shape index (κ1) is 21.5. The zero-order valence-corrected chi connectivity index (χ0v) is 18.9. The van der Waals surface area contributed by atoms with Gasteiger partial charge in [-0.15, -0.1) is 0 Å². The number of imidazole rings is 1. The summed E-state index contributed by atoms with van der Waals surface area (Å²) in [4.78, 5) is 17.3. The molecule has 166 valence electrons. The molecule has 5 nitrogen and oxygen atoms in total. The maximum atomic E-state index is 12.4. The summed E-state index contributed by atoms with van der Waals surface area (Å²) in [6.07, 6.45) is 3.26. The number of carbonyl (C=O) groups excluding carboxylic acids is 1. The summed E-state index contributed by atoms with van der Waals surface area (Å²) in [5.41, 5.74) is 11.7. The molecule has 1 amide bonds. The van der Waals surface area contributed by atoms with Crippen molar-refractivity contribution >= 4 is 46.0 Å². The summed E-state index contributed by atoms with van der Waals surface area (Å²) in [6.45, 7) is 0. The molecule has 0 bridgehead atoms. The number of anilines is 2. The highest BCUT2D eigenvalue weighted by Crippen LogP contribution is 2.30. The number of halogens is 1. The molecule has 6 heteroatoms. The van der Waals surface area contributed by atoms with Crippen LogP contribution in [0.25, 0.3) is 34.2 Å². The maximum absolute atomic E-state index is 12.4. The van der Waals surface area contributed by atoms with E-state index in [4.69, 9.17) is 22.3 Å². The van der Waals surface area contributed by atoms with Crippen molar-refractivity contribution in [3.63, 3.8) is 0 Å². The van der Waals surface area contributed by atoms with Gasteiger partial charge in [0.05, 0.1) is 22.4 Å². The number of fused-ring (bicyclic) bond motifs is 1. The van der Waals surface area contributed by atoms with E-state index >= 15 is 0 Å². The van der Waals surface area contributed by atoms with Gasteiger partial charge in [-0.2, -0.15) is 0 Å². The number of hydrogen-bond donors (Lipinski definition) is 2. The smallest absolute Gasteiger partial charge is 0.248 e. The van der Waals surface area contributed by atoms with Crippen molar-refractivity contribution in [3.8, 4) is 17.1 Å². The number of nitrogen functional groups attached to an aromatic ring is 1. The molecule has 0 unspecified atom stereocenters. The lowest BCUT2D eigenvalue weighted by molar-refractivity contribution is -0.111. The lowest BCUT2D eigenvalue weighted by Gasteiger charge is -2.10. The molecule has 0 spiro atoms. The van der Waals surface area contributed by atoms with E-state index in [-0.39, 0.29) is 5.91 Å². The van der Waals surface area contributed by atoms with E-state index in [0.717, 1.165) is 33.7 Å². The Kier molecular flexibility index (Phi) is 5.85. The number of carbonyl (C=O) groups is 1. The van der Waals surface area contributed by atoms with Gasteiger partial charge in [0.1, 0.15) is 5.82 Å². The first-order chi connectivity index (χ1) is 16.6. The van der Waals surface area contributed by atoms with Gasteiger partial charge in [0.25, 0.3) is 0 Å². The highest BCUT2D eigenvalue weighted by Gasteiger charge is 2.14. The van der Waals surface area contributed by atoms with Crippen molar-refractivity contribution in [2.24, 2.45) is 0 Å². The molecule has 1 heterocycles. The number of rotatable bonds is 5. The second-order valence-electron chi connectivity index (χ2n) is 7.77. The number of hydrogen-bond acceptors (Lipinski definition) is 3. The molecule has 0 saturated carbocycles. The van der Waals surface area contributed by atoms with Crippen molar-refractivity contribution < 1.29 is 4.79 Å². The van der Waals surface area contributed by atoms with Gasteiger partial charge >= 0.3 is 0 Å². The Morgan fingerprint density at radius 1 is 0.912 bits per heavy atom. The number of para-hydroxylation sites is 4. The molecule has 4 aromatic carbocycles. The maximum Gasteiger partial charge on any atom is 0.248 e. The Balaban J connectivity index is 1.49. The van der Waals surface area contributed by atoms with Crippen LogP contribution in [0.2, 0.25) is 5.02 Å². The lowest BCUT2D eigenvalue weighted by Crippen LogP contribution is -2.09. The van der Waals surface area contributed by atoms with Crippen LogP contribution in [0.5, 0.6) is 0 Å². The Morgan fingerprint density at radius 3 is 2.50 bits per heavy atom. The van der Waals surface area contributed by atoms with Crippen molar-refractivity contribution in [2.75, 3.05) is 11.1 Å². The molecule has 1 aromatic heterocycles. The van der Waals surface area contributed by atoms with Crippen LogP contribution < -0.4 is 11.1 Å². The first-order valence-electron chi connectivity index (χ1n) is 10.8. The predicted octanol–water partition coefficient (Wildman–Crippen LogP) is 6.58. The van der Waals surface area contributed by atoms with Crippen molar-refractivity contribution in [1.82, 2.24) is 9.55 Å². The monoisotopic (exact) mass is 464 g/mol. The molecule has 0 aliphatic carbocycles. The van der Waals surface area contributed by atoms with Gasteiger partial charge in [-0.3, -0.25) is 9.36 Å². The van der Waals surface area contributed by atoms with Gasteiger partial charge in [-0.25, -0.2) is 4.98 Å². The SMILES string of the molecule is Nc1ccccc1NC(=O)/C=C/c1cccc(-c2nc3ccccc3n2-c2ccc(Cl)cc2)c1. The minimum atomic E-state index is -0.253. The molecule has 5 rings (SSSR count). The average Bonchev–Trinajstić information content (AvgIpc) is 3.25. The van der Waals surface area contributed by atoms with E-state index in [2.05, 4.69) is 9.88 Å². The Morgan fingerprint density at radius 2 is 1.68 bits per heavy atom. The van der Waals surface area contributed by atoms with E-state index in [1.807, 2.05) is 84.9 Å². The Bertz CT molecular complexity index is 1520. The molecule has 0 aliphatic heterocycles. The van der Waals surface area contributed by atoms with Gasteiger partial charge < -0.3 is 11.1 Å². The molecule has 0 saturated heterocycles. The van der Waals surface area contributed by atoms with Crippen LogP contribution in [-0.4, -0.2) is 15.5 Å². The van der Waals surface area contributed by atoms with Gasteiger partial charge in [-0.05, 0) is 66.2 Å². The number of nitrogens with zero attached hydrogens (tertiary/aromatic N) is 2. The Labute approximate surface area is 202 Å². The van der Waals surface area contributed by atoms with Crippen LogP contribution in [-0.2, 0) is 4.79 Å². The minimum absolute atomic E-state index is 0.253. The van der Waals surface area contributed by atoms with Gasteiger partial charge in [0.2, 0.25) is 5.91 Å². The number of aromatic nitrogens is 2. The normalized spacial score (nSPS) is 11.2. The van der Waals surface area contributed by atoms with Crippen LogP contribution in [0, 0.1) is 0 Å². The van der Waals surface area contributed by atoms with E-state index in [9.17, 15) is 4.79 Å². The zero-order chi connectivity index (χ0) is 23.5. The predicted molar refractivity (Wildman–Crippen MR) is 140 cm³/mol. The summed E-state index contributed by atoms with van der Waals surface area (Å²) < 4.78 is 2.11. The lowest BCUT2D eigenvalue weighted by atomic mass is 10.1. The van der Waals surface area contributed by atoms with Crippen molar-refractivity contribution in [1.29, 1.82) is 0 Å². The molecule has 0 atom stereocenters. The van der Waals surface area contributed by atoms with Crippen LogP contribution in [0.15, 0.2) is 103 Å². The summed E-state index contributed by atoms with van der Waals surface area (Å²) in [7, 11) is 0. The van der Waals surface area contributed by atoms with Gasteiger partial charge in [0.15, 0.2) is 0 Å². The van der Waals surface area contributed by atoms with E-state index in [0.29, 0.717) is 16.4 Å². The molecule has 3 N–H and O–H groups in total. The highest BCUT2D eigenvalue weighted by molar-refractivity contribution is 6.30. The third kappa shape index (κ3) is 4.42. The standard InChI is InChI=1S/C28H21ClN4O/c29-21-13-15-22(16-14-21)33-26-11-4-3-10-25(26)32-28(33)20-7-5-6-19(18-20)12-17-27(34)31-24-9-2-1-8-23(24)30/h1-18H,30H2,(H,31,34)/b17-12+. The largest absolute Gasteiger partial charge is 0.397 e. The summed E-state index contributed by atoms with van der Waals surface area (Å²) in [5.74, 6) is 0.553. The van der Waals surface area contributed by atoms with Crippen LogP contribution in [0.1, 0.15) is 5.56 Å². The fourth-order valence-corrected chi connectivity index (χ4v) is 3.94. The van der Waals surface area contributed by atoms with E-state index in [1.165, 1.54) is 6.08 Å². The fraction of sp³-hybridized carbons (Fsp3) is 0. The third-order valence-electron chi connectivity index (χ3n) is 5.44. The van der Waals surface area contributed by atoms with Crippen LogP contribution >= 0.6 is 11.6 Å². The number of nitrogens with two attached hydrogens (primary N) is 1. The third-order valence-corrected chi connectivity index (χ3v) is 5.69. The molecule has 0 aliphatic rings. The van der Waals surface area contributed by atoms with Crippen molar-refractivity contribution in [2.45, 2.75) is 0 Å². The second-order valence-corrected chi connectivity index (χ2v) is 8.21. The summed E-state index contributed by atoms with van der Waals surface area (Å²) >= 11 is 6.12.